The normalized spacial score (nSPS) is 21.2. The van der Waals surface area contributed by atoms with Crippen molar-refractivity contribution in [1.82, 2.24) is 5.32 Å². The summed E-state index contributed by atoms with van der Waals surface area (Å²) in [5.74, 6) is 3.53. The SMILES string of the molecule is CC(C)Oc1ccccc1C(C)NC1CCSC1. The van der Waals surface area contributed by atoms with Crippen LogP contribution in [0.4, 0.5) is 0 Å². The maximum absolute atomic E-state index is 5.89. The molecule has 0 saturated carbocycles. The lowest BCUT2D eigenvalue weighted by Crippen LogP contribution is -2.31. The molecule has 0 radical (unpaired) electrons. The summed E-state index contributed by atoms with van der Waals surface area (Å²) in [4.78, 5) is 0. The van der Waals surface area contributed by atoms with E-state index in [2.05, 4.69) is 44.3 Å². The van der Waals surface area contributed by atoms with Gasteiger partial charge in [-0.25, -0.2) is 0 Å². The average molecular weight is 265 g/mol. The summed E-state index contributed by atoms with van der Waals surface area (Å²) in [5.41, 5.74) is 1.27. The van der Waals surface area contributed by atoms with Crippen LogP contribution in [0, 0.1) is 0 Å². The number of hydrogen-bond acceptors (Lipinski definition) is 3. The highest BCUT2D eigenvalue weighted by atomic mass is 32.2. The maximum Gasteiger partial charge on any atom is 0.124 e. The van der Waals surface area contributed by atoms with Crippen LogP contribution >= 0.6 is 11.8 Å². The molecule has 1 N–H and O–H groups in total. The molecule has 1 aromatic carbocycles. The second-order valence-electron chi connectivity index (χ2n) is 5.15. The summed E-state index contributed by atoms with van der Waals surface area (Å²) in [6, 6.07) is 9.36. The molecule has 1 saturated heterocycles. The van der Waals surface area contributed by atoms with Crippen molar-refractivity contribution in [3.63, 3.8) is 0 Å². The minimum Gasteiger partial charge on any atom is -0.491 e. The van der Waals surface area contributed by atoms with E-state index in [0.29, 0.717) is 12.1 Å². The van der Waals surface area contributed by atoms with Gasteiger partial charge < -0.3 is 10.1 Å². The predicted molar refractivity (Wildman–Crippen MR) is 79.5 cm³/mol. The zero-order chi connectivity index (χ0) is 13.0. The Bertz CT molecular complexity index is 375. The highest BCUT2D eigenvalue weighted by Gasteiger charge is 2.19. The molecule has 0 aliphatic carbocycles. The summed E-state index contributed by atoms with van der Waals surface area (Å²) >= 11 is 2.04. The standard InChI is InChI=1S/C15H23NOS/c1-11(2)17-15-7-5-4-6-14(15)12(3)16-13-8-9-18-10-13/h4-7,11-13,16H,8-10H2,1-3H3. The zero-order valence-corrected chi connectivity index (χ0v) is 12.3. The topological polar surface area (TPSA) is 21.3 Å². The third-order valence-electron chi connectivity index (χ3n) is 3.16. The summed E-state index contributed by atoms with van der Waals surface area (Å²) in [6.45, 7) is 6.37. The fourth-order valence-corrected chi connectivity index (χ4v) is 3.47. The molecular formula is C15H23NOS. The number of rotatable bonds is 5. The fraction of sp³-hybridized carbons (Fsp3) is 0.600. The summed E-state index contributed by atoms with van der Waals surface area (Å²) in [7, 11) is 0. The Morgan fingerprint density at radius 1 is 1.28 bits per heavy atom. The van der Waals surface area contributed by atoms with E-state index >= 15 is 0 Å². The number of thioether (sulfide) groups is 1. The molecular weight excluding hydrogens is 242 g/mol. The molecule has 0 bridgehead atoms. The largest absolute Gasteiger partial charge is 0.491 e. The maximum atomic E-state index is 5.89. The highest BCUT2D eigenvalue weighted by Crippen LogP contribution is 2.27. The molecule has 0 amide bonds. The van der Waals surface area contributed by atoms with Crippen molar-refractivity contribution in [3.8, 4) is 5.75 Å². The van der Waals surface area contributed by atoms with Crippen molar-refractivity contribution in [2.45, 2.75) is 45.4 Å². The molecule has 1 aromatic rings. The molecule has 18 heavy (non-hydrogen) atoms. The molecule has 1 aliphatic heterocycles. The monoisotopic (exact) mass is 265 g/mol. The van der Waals surface area contributed by atoms with Crippen LogP contribution in [-0.2, 0) is 0 Å². The van der Waals surface area contributed by atoms with E-state index in [1.165, 1.54) is 23.5 Å². The van der Waals surface area contributed by atoms with E-state index in [-0.39, 0.29) is 6.10 Å². The smallest absolute Gasteiger partial charge is 0.124 e. The fourth-order valence-electron chi connectivity index (χ4n) is 2.31. The van der Waals surface area contributed by atoms with Crippen molar-refractivity contribution >= 4 is 11.8 Å². The number of para-hydroxylation sites is 1. The van der Waals surface area contributed by atoms with Gasteiger partial charge in [0.25, 0.3) is 0 Å². The Labute approximate surface area is 114 Å². The predicted octanol–water partition coefficient (Wildman–Crippen LogP) is 3.63. The Morgan fingerprint density at radius 3 is 2.72 bits per heavy atom. The molecule has 1 fully saturated rings. The minimum absolute atomic E-state index is 0.223. The van der Waals surface area contributed by atoms with Gasteiger partial charge in [0, 0.05) is 23.4 Å². The third kappa shape index (κ3) is 3.66. The minimum atomic E-state index is 0.223. The van der Waals surface area contributed by atoms with Gasteiger partial charge in [-0.2, -0.15) is 11.8 Å². The first-order chi connectivity index (χ1) is 8.66. The first-order valence-corrected chi connectivity index (χ1v) is 7.91. The van der Waals surface area contributed by atoms with Gasteiger partial charge in [-0.05, 0) is 39.0 Å². The Morgan fingerprint density at radius 2 is 2.06 bits per heavy atom. The van der Waals surface area contributed by atoms with Crippen LogP contribution in [0.5, 0.6) is 5.75 Å². The van der Waals surface area contributed by atoms with Gasteiger partial charge in [0.05, 0.1) is 6.10 Å². The number of benzene rings is 1. The van der Waals surface area contributed by atoms with E-state index in [1.807, 2.05) is 17.8 Å². The van der Waals surface area contributed by atoms with E-state index in [9.17, 15) is 0 Å². The van der Waals surface area contributed by atoms with Crippen LogP contribution in [0.15, 0.2) is 24.3 Å². The van der Waals surface area contributed by atoms with Crippen molar-refractivity contribution in [2.24, 2.45) is 0 Å². The summed E-state index contributed by atoms with van der Waals surface area (Å²) < 4.78 is 5.89. The Kier molecular flexibility index (Phi) is 4.95. The van der Waals surface area contributed by atoms with Gasteiger partial charge in [-0.15, -0.1) is 0 Å². The highest BCUT2D eigenvalue weighted by molar-refractivity contribution is 7.99. The van der Waals surface area contributed by atoms with Gasteiger partial charge >= 0.3 is 0 Å². The molecule has 2 atom stereocenters. The van der Waals surface area contributed by atoms with Crippen molar-refractivity contribution in [2.75, 3.05) is 11.5 Å². The molecule has 0 aromatic heterocycles. The van der Waals surface area contributed by atoms with E-state index in [0.717, 1.165) is 5.75 Å². The average Bonchev–Trinajstić information content (AvgIpc) is 2.81. The lowest BCUT2D eigenvalue weighted by atomic mass is 10.1. The van der Waals surface area contributed by atoms with Gasteiger partial charge in [0.15, 0.2) is 0 Å². The number of ether oxygens (including phenoxy) is 1. The van der Waals surface area contributed by atoms with Crippen molar-refractivity contribution < 1.29 is 4.74 Å². The van der Waals surface area contributed by atoms with Crippen LogP contribution < -0.4 is 10.1 Å². The number of hydrogen-bond donors (Lipinski definition) is 1. The second kappa shape index (κ2) is 6.48. The molecule has 0 spiro atoms. The molecule has 2 rings (SSSR count). The molecule has 1 aliphatic rings. The molecule has 2 nitrogen and oxygen atoms in total. The summed E-state index contributed by atoms with van der Waals surface area (Å²) in [6.07, 6.45) is 1.50. The van der Waals surface area contributed by atoms with Crippen LogP contribution in [0.1, 0.15) is 38.8 Å². The third-order valence-corrected chi connectivity index (χ3v) is 4.33. The van der Waals surface area contributed by atoms with Gasteiger partial charge in [-0.3, -0.25) is 0 Å². The van der Waals surface area contributed by atoms with Crippen LogP contribution in [0.3, 0.4) is 0 Å². The van der Waals surface area contributed by atoms with E-state index < -0.39 is 0 Å². The van der Waals surface area contributed by atoms with Gasteiger partial charge in [0.2, 0.25) is 0 Å². The van der Waals surface area contributed by atoms with Gasteiger partial charge in [0.1, 0.15) is 5.75 Å². The quantitative estimate of drug-likeness (QED) is 0.878. The lowest BCUT2D eigenvalue weighted by Gasteiger charge is -2.22. The first-order valence-electron chi connectivity index (χ1n) is 6.76. The first kappa shape index (κ1) is 13.8. The molecule has 100 valence electrons. The second-order valence-corrected chi connectivity index (χ2v) is 6.30. The van der Waals surface area contributed by atoms with Crippen LogP contribution in [0.2, 0.25) is 0 Å². The lowest BCUT2D eigenvalue weighted by molar-refractivity contribution is 0.237. The van der Waals surface area contributed by atoms with E-state index in [1.54, 1.807) is 0 Å². The van der Waals surface area contributed by atoms with Crippen LogP contribution in [0.25, 0.3) is 0 Å². The number of nitrogens with one attached hydrogen (secondary N) is 1. The molecule has 2 unspecified atom stereocenters. The Hall–Kier alpha value is -0.670. The van der Waals surface area contributed by atoms with E-state index in [4.69, 9.17) is 4.74 Å². The molecule has 1 heterocycles. The van der Waals surface area contributed by atoms with Gasteiger partial charge in [-0.1, -0.05) is 18.2 Å². The van der Waals surface area contributed by atoms with Crippen molar-refractivity contribution in [1.29, 1.82) is 0 Å². The zero-order valence-electron chi connectivity index (χ0n) is 11.5. The summed E-state index contributed by atoms with van der Waals surface area (Å²) in [5, 5.41) is 3.71. The molecule has 3 heteroatoms. The van der Waals surface area contributed by atoms with Crippen molar-refractivity contribution in [3.05, 3.63) is 29.8 Å². The van der Waals surface area contributed by atoms with Crippen LogP contribution in [-0.4, -0.2) is 23.7 Å². The Balaban J connectivity index is 2.05.